The summed E-state index contributed by atoms with van der Waals surface area (Å²) < 4.78 is 0. The van der Waals surface area contributed by atoms with E-state index in [0.717, 1.165) is 0 Å². The van der Waals surface area contributed by atoms with Gasteiger partial charge in [0.05, 0.1) is 0 Å². The molecule has 0 aliphatic heterocycles. The van der Waals surface area contributed by atoms with Crippen LogP contribution in [0.3, 0.4) is 0 Å². The van der Waals surface area contributed by atoms with Crippen LogP contribution in [0, 0.1) is 5.41 Å². The van der Waals surface area contributed by atoms with Gasteiger partial charge in [0.25, 0.3) is 0 Å². The molecule has 1 aliphatic rings. The predicted molar refractivity (Wildman–Crippen MR) is 113 cm³/mol. The average molecular weight is 429 g/mol. The van der Waals surface area contributed by atoms with Crippen molar-refractivity contribution in [3.63, 3.8) is 0 Å². The molecule has 1 heteroatoms. The Balaban J connectivity index is 0.00000180. The van der Waals surface area contributed by atoms with E-state index in [-0.39, 0.29) is 26.2 Å². The number of hydrogen-bond donors (Lipinski definition) is 0. The van der Waals surface area contributed by atoms with Crippen LogP contribution >= 0.6 is 0 Å². The average Bonchev–Trinajstić information content (AvgIpc) is 3.26. The first-order chi connectivity index (χ1) is 12.7. The Morgan fingerprint density at radius 1 is 0.815 bits per heavy atom. The first-order valence-corrected chi connectivity index (χ1v) is 9.88. The van der Waals surface area contributed by atoms with Crippen molar-refractivity contribution < 1.29 is 26.2 Å². The molecule has 1 fully saturated rings. The van der Waals surface area contributed by atoms with Gasteiger partial charge >= 0.3 is 0 Å². The summed E-state index contributed by atoms with van der Waals surface area (Å²) >= 11 is 0. The maximum Gasteiger partial charge on any atom is 0 e. The van der Waals surface area contributed by atoms with Gasteiger partial charge in [0.1, 0.15) is 0 Å². The van der Waals surface area contributed by atoms with Gasteiger partial charge < -0.3 is 0 Å². The topological polar surface area (TPSA) is 0 Å². The van der Waals surface area contributed by atoms with Gasteiger partial charge in [0.15, 0.2) is 0 Å². The predicted octanol–water partition coefficient (Wildman–Crippen LogP) is 7.50. The Bertz CT molecular complexity index is 1070. The summed E-state index contributed by atoms with van der Waals surface area (Å²) in [5.74, 6) is 0. The molecule has 0 spiro atoms. The van der Waals surface area contributed by atoms with E-state index in [1.54, 1.807) is 0 Å². The van der Waals surface area contributed by atoms with Crippen molar-refractivity contribution >= 4 is 21.5 Å². The molecule has 4 aromatic carbocycles. The van der Waals surface area contributed by atoms with E-state index in [4.69, 9.17) is 0 Å². The number of fused-ring (bicyclic) bond motifs is 2. The Morgan fingerprint density at radius 3 is 2.30 bits per heavy atom. The minimum Gasteiger partial charge on any atom is -0.164 e. The fourth-order valence-electron chi connectivity index (χ4n) is 4.99. The molecule has 0 saturated heterocycles. The zero-order valence-electron chi connectivity index (χ0n) is 16.0. The van der Waals surface area contributed by atoms with E-state index < -0.39 is 0 Å². The molecule has 0 heterocycles. The summed E-state index contributed by atoms with van der Waals surface area (Å²) in [6.45, 7) is 2.48. The standard InChI is InChI=1S/C26H25.Zr/c1-26(14-4-5-15-26)18-19-16-21-10-7-13-24(25(21)17-19)23-12-6-9-20-8-2-3-11-22(20)23;/h2-3,6-13,16-17H,4-5,14-15,18H2,1H3;/q-1;. The molecule has 134 valence electrons. The van der Waals surface area contributed by atoms with Crippen LogP contribution in [0.4, 0.5) is 0 Å². The molecule has 0 unspecified atom stereocenters. The molecule has 1 aliphatic carbocycles. The van der Waals surface area contributed by atoms with E-state index in [0.29, 0.717) is 5.41 Å². The Labute approximate surface area is 181 Å². The van der Waals surface area contributed by atoms with Gasteiger partial charge in [-0.2, -0.15) is 6.07 Å². The van der Waals surface area contributed by atoms with Crippen LogP contribution < -0.4 is 0 Å². The molecule has 27 heavy (non-hydrogen) atoms. The number of benzene rings is 3. The summed E-state index contributed by atoms with van der Waals surface area (Å²) in [4.78, 5) is 0. The largest absolute Gasteiger partial charge is 0.164 e. The van der Waals surface area contributed by atoms with Crippen molar-refractivity contribution in [1.82, 2.24) is 0 Å². The van der Waals surface area contributed by atoms with E-state index in [2.05, 4.69) is 79.7 Å². The van der Waals surface area contributed by atoms with Crippen LogP contribution in [0.25, 0.3) is 32.7 Å². The van der Waals surface area contributed by atoms with Crippen LogP contribution in [-0.2, 0) is 32.6 Å². The zero-order chi connectivity index (χ0) is 17.6. The molecule has 4 aromatic rings. The van der Waals surface area contributed by atoms with Crippen LogP contribution in [0.2, 0.25) is 0 Å². The summed E-state index contributed by atoms with van der Waals surface area (Å²) in [6.07, 6.45) is 6.78. The van der Waals surface area contributed by atoms with Gasteiger partial charge in [-0.3, -0.25) is 0 Å². The van der Waals surface area contributed by atoms with Gasteiger partial charge in [-0.25, -0.2) is 0 Å². The fourth-order valence-corrected chi connectivity index (χ4v) is 4.99. The van der Waals surface area contributed by atoms with Gasteiger partial charge in [0.2, 0.25) is 0 Å². The van der Waals surface area contributed by atoms with Crippen molar-refractivity contribution in [3.05, 3.63) is 78.4 Å². The maximum absolute atomic E-state index is 2.48. The van der Waals surface area contributed by atoms with E-state index in [1.165, 1.54) is 70.3 Å². The minimum absolute atomic E-state index is 0. The second-order valence-electron chi connectivity index (χ2n) is 8.39. The Morgan fingerprint density at radius 2 is 1.48 bits per heavy atom. The summed E-state index contributed by atoms with van der Waals surface area (Å²) in [5, 5.41) is 5.44. The number of rotatable bonds is 3. The van der Waals surface area contributed by atoms with Crippen molar-refractivity contribution in [2.45, 2.75) is 39.0 Å². The van der Waals surface area contributed by atoms with Crippen LogP contribution in [0.15, 0.2) is 72.8 Å². The van der Waals surface area contributed by atoms with Crippen LogP contribution in [0.1, 0.15) is 38.2 Å². The molecule has 0 radical (unpaired) electrons. The first-order valence-electron chi connectivity index (χ1n) is 9.88. The molecule has 0 bridgehead atoms. The SMILES string of the molecule is CC1(Cc2cc3c(-c4cccc5ccccc45)cccc3[cH-]2)CCCC1.[Zr]. The van der Waals surface area contributed by atoms with Crippen LogP contribution in [0.5, 0.6) is 0 Å². The molecular weight excluding hydrogens is 404 g/mol. The third kappa shape index (κ3) is 3.47. The second kappa shape index (κ2) is 7.44. The Kier molecular flexibility index (Phi) is 5.17. The number of hydrogen-bond acceptors (Lipinski definition) is 0. The molecule has 0 N–H and O–H groups in total. The molecule has 5 rings (SSSR count). The summed E-state index contributed by atoms with van der Waals surface area (Å²) in [5.41, 5.74) is 4.72. The molecule has 1 saturated carbocycles. The molecular formula is C26H25Zr-. The summed E-state index contributed by atoms with van der Waals surface area (Å²) in [7, 11) is 0. The minimum atomic E-state index is 0. The van der Waals surface area contributed by atoms with E-state index >= 15 is 0 Å². The molecule has 0 aromatic heterocycles. The van der Waals surface area contributed by atoms with Crippen molar-refractivity contribution in [1.29, 1.82) is 0 Å². The molecule has 0 atom stereocenters. The van der Waals surface area contributed by atoms with Crippen LogP contribution in [-0.4, -0.2) is 0 Å². The Hall–Kier alpha value is -1.59. The zero-order valence-corrected chi connectivity index (χ0v) is 18.4. The van der Waals surface area contributed by atoms with Gasteiger partial charge in [-0.05, 0) is 41.0 Å². The molecule has 0 nitrogen and oxygen atoms in total. The summed E-state index contributed by atoms with van der Waals surface area (Å²) in [6, 6.07) is 27.0. The van der Waals surface area contributed by atoms with Gasteiger partial charge in [0, 0.05) is 26.2 Å². The van der Waals surface area contributed by atoms with Gasteiger partial charge in [-0.1, -0.05) is 73.9 Å². The quantitative estimate of drug-likeness (QED) is 0.296. The normalized spacial score (nSPS) is 15.9. The first kappa shape index (κ1) is 18.8. The second-order valence-corrected chi connectivity index (χ2v) is 8.39. The van der Waals surface area contributed by atoms with E-state index in [1.807, 2.05) is 0 Å². The third-order valence-corrected chi connectivity index (χ3v) is 6.33. The fraction of sp³-hybridized carbons (Fsp3) is 0.269. The molecule has 0 amide bonds. The van der Waals surface area contributed by atoms with Crippen molar-refractivity contribution in [3.8, 4) is 11.1 Å². The van der Waals surface area contributed by atoms with Gasteiger partial charge in [-0.15, -0.1) is 34.5 Å². The smallest absolute Gasteiger partial charge is 0 e. The monoisotopic (exact) mass is 427 g/mol. The third-order valence-electron chi connectivity index (χ3n) is 6.33. The van der Waals surface area contributed by atoms with Crippen molar-refractivity contribution in [2.75, 3.05) is 0 Å². The van der Waals surface area contributed by atoms with Crippen molar-refractivity contribution in [2.24, 2.45) is 5.41 Å². The van der Waals surface area contributed by atoms with E-state index in [9.17, 15) is 0 Å². The maximum atomic E-state index is 2.48.